The van der Waals surface area contributed by atoms with Gasteiger partial charge in [0.25, 0.3) is 5.91 Å². The molecule has 0 aliphatic carbocycles. The number of nitriles is 1. The average Bonchev–Trinajstić information content (AvgIpc) is 3.09. The molecule has 0 saturated carbocycles. The molecule has 2 atom stereocenters. The molecule has 3 aromatic rings. The van der Waals surface area contributed by atoms with E-state index in [1.165, 1.54) is 0 Å². The zero-order valence-electron chi connectivity index (χ0n) is 21.4. The zero-order chi connectivity index (χ0) is 26.6. The molecule has 0 bridgehead atoms. The van der Waals surface area contributed by atoms with Gasteiger partial charge in [-0.15, -0.1) is 0 Å². The molecule has 36 heavy (non-hydrogen) atoms. The van der Waals surface area contributed by atoms with Crippen LogP contribution < -0.4 is 5.32 Å². The second-order valence-electron chi connectivity index (χ2n) is 9.51. The van der Waals surface area contributed by atoms with E-state index in [-0.39, 0.29) is 12.0 Å². The Bertz CT molecular complexity index is 1310. The number of hydrogen-bond donors (Lipinski definition) is 1. The molecule has 3 rings (SSSR count). The van der Waals surface area contributed by atoms with Gasteiger partial charge in [0.05, 0.1) is 17.3 Å². The van der Waals surface area contributed by atoms with Crippen molar-refractivity contribution in [2.24, 2.45) is 7.05 Å². The van der Waals surface area contributed by atoms with Gasteiger partial charge in [-0.25, -0.2) is 4.79 Å². The highest BCUT2D eigenvalue weighted by Gasteiger charge is 2.36. The number of rotatable bonds is 8. The van der Waals surface area contributed by atoms with Gasteiger partial charge in [0.15, 0.2) is 5.60 Å². The number of carbonyl (C=O) groups is 2. The summed E-state index contributed by atoms with van der Waals surface area (Å²) in [5, 5.41) is 17.3. The van der Waals surface area contributed by atoms with Crippen molar-refractivity contribution in [3.63, 3.8) is 0 Å². The number of ether oxygens (including phenoxy) is 1. The molecule has 7 nitrogen and oxygen atoms in total. The Morgan fingerprint density at radius 2 is 1.86 bits per heavy atom. The quantitative estimate of drug-likeness (QED) is 0.432. The SMILES string of the molecule is Cc1nn(C)c(C)c1C(=O)OC(C)(C)C(=O)N[C@@H](C)[C@@H](Cc1ccc(Cl)cc1)c1cccc(C#N)c1. The van der Waals surface area contributed by atoms with Crippen LogP contribution in [-0.4, -0.2) is 33.3 Å². The van der Waals surface area contributed by atoms with E-state index in [1.54, 1.807) is 45.5 Å². The summed E-state index contributed by atoms with van der Waals surface area (Å²) in [6, 6.07) is 16.8. The van der Waals surface area contributed by atoms with E-state index in [0.29, 0.717) is 34.0 Å². The van der Waals surface area contributed by atoms with Gasteiger partial charge >= 0.3 is 5.97 Å². The molecule has 0 aliphatic heterocycles. The Kier molecular flexibility index (Phi) is 8.21. The van der Waals surface area contributed by atoms with E-state index in [2.05, 4.69) is 16.5 Å². The fourth-order valence-corrected chi connectivity index (χ4v) is 4.30. The first-order chi connectivity index (χ1) is 16.9. The van der Waals surface area contributed by atoms with Crippen LogP contribution in [0.25, 0.3) is 0 Å². The molecule has 0 unspecified atom stereocenters. The molecule has 0 spiro atoms. The smallest absolute Gasteiger partial charge is 0.342 e. The summed E-state index contributed by atoms with van der Waals surface area (Å²) >= 11 is 6.05. The number of aryl methyl sites for hydroxylation is 2. The standard InChI is InChI=1S/C28H31ClN4O3/c1-17(31-27(35)28(4,5)36-26(34)25-18(2)32-33(6)19(25)3)24(15-20-10-12-23(29)13-11-20)22-9-7-8-21(14-22)16-30/h7-14,17,24H,15H2,1-6H3,(H,31,35)/t17-,24+/m0/s1. The zero-order valence-corrected chi connectivity index (χ0v) is 22.2. The molecule has 1 aromatic heterocycles. The van der Waals surface area contributed by atoms with Gasteiger partial charge in [0.1, 0.15) is 5.56 Å². The average molecular weight is 507 g/mol. The maximum Gasteiger partial charge on any atom is 0.342 e. The fourth-order valence-electron chi connectivity index (χ4n) is 4.18. The molecule has 0 radical (unpaired) electrons. The van der Waals surface area contributed by atoms with Crippen LogP contribution in [0, 0.1) is 25.2 Å². The lowest BCUT2D eigenvalue weighted by Crippen LogP contribution is -2.50. The summed E-state index contributed by atoms with van der Waals surface area (Å²) in [5.74, 6) is -1.15. The lowest BCUT2D eigenvalue weighted by molar-refractivity contribution is -0.138. The van der Waals surface area contributed by atoms with Crippen molar-refractivity contribution < 1.29 is 14.3 Å². The van der Waals surface area contributed by atoms with Crippen LogP contribution in [-0.2, 0) is 23.0 Å². The van der Waals surface area contributed by atoms with E-state index in [0.717, 1.165) is 11.1 Å². The third-order valence-electron chi connectivity index (χ3n) is 6.38. The van der Waals surface area contributed by atoms with Crippen molar-refractivity contribution >= 4 is 23.5 Å². The minimum Gasteiger partial charge on any atom is -0.446 e. The van der Waals surface area contributed by atoms with Gasteiger partial charge in [-0.05, 0) is 76.4 Å². The van der Waals surface area contributed by atoms with Crippen LogP contribution in [0.4, 0.5) is 0 Å². The summed E-state index contributed by atoms with van der Waals surface area (Å²) in [4.78, 5) is 26.2. The van der Waals surface area contributed by atoms with Gasteiger partial charge in [-0.1, -0.05) is 35.9 Å². The largest absolute Gasteiger partial charge is 0.446 e. The molecule has 0 aliphatic rings. The van der Waals surface area contributed by atoms with Crippen molar-refractivity contribution in [1.29, 1.82) is 5.26 Å². The summed E-state index contributed by atoms with van der Waals surface area (Å²) < 4.78 is 7.26. The van der Waals surface area contributed by atoms with Crippen molar-refractivity contribution in [3.05, 3.63) is 87.2 Å². The fraction of sp³-hybridized carbons (Fsp3) is 0.357. The van der Waals surface area contributed by atoms with E-state index in [1.807, 2.05) is 49.4 Å². The Morgan fingerprint density at radius 3 is 2.44 bits per heavy atom. The molecule has 8 heteroatoms. The van der Waals surface area contributed by atoms with Crippen molar-refractivity contribution in [3.8, 4) is 6.07 Å². The molecule has 0 saturated heterocycles. The third kappa shape index (κ3) is 6.13. The molecular formula is C28H31ClN4O3. The van der Waals surface area contributed by atoms with Gasteiger partial charge in [-0.2, -0.15) is 10.4 Å². The number of amides is 1. The normalized spacial score (nSPS) is 12.9. The minimum absolute atomic E-state index is 0.141. The summed E-state index contributed by atoms with van der Waals surface area (Å²) in [6.07, 6.45) is 0.613. The van der Waals surface area contributed by atoms with Crippen LogP contribution in [0.2, 0.25) is 5.02 Å². The number of esters is 1. The molecule has 1 N–H and O–H groups in total. The first kappa shape index (κ1) is 27.0. The predicted molar refractivity (Wildman–Crippen MR) is 139 cm³/mol. The monoisotopic (exact) mass is 506 g/mol. The number of aromatic nitrogens is 2. The number of nitrogens with one attached hydrogen (secondary N) is 1. The number of benzene rings is 2. The van der Waals surface area contributed by atoms with Crippen LogP contribution in [0.3, 0.4) is 0 Å². The van der Waals surface area contributed by atoms with Crippen molar-refractivity contribution in [1.82, 2.24) is 15.1 Å². The van der Waals surface area contributed by atoms with E-state index in [9.17, 15) is 14.9 Å². The summed E-state index contributed by atoms with van der Waals surface area (Å²) in [7, 11) is 1.75. The first-order valence-electron chi connectivity index (χ1n) is 11.7. The molecule has 188 valence electrons. The Labute approximate surface area is 217 Å². The van der Waals surface area contributed by atoms with Crippen LogP contribution >= 0.6 is 11.6 Å². The lowest BCUT2D eigenvalue weighted by Gasteiger charge is -2.30. The topological polar surface area (TPSA) is 97.0 Å². The van der Waals surface area contributed by atoms with Crippen LogP contribution in [0.5, 0.6) is 0 Å². The summed E-state index contributed by atoms with van der Waals surface area (Å²) in [6.45, 7) is 8.56. The number of carbonyl (C=O) groups excluding carboxylic acids is 2. The molecule has 1 heterocycles. The summed E-state index contributed by atoms with van der Waals surface area (Å²) in [5.41, 5.74) is 2.67. The minimum atomic E-state index is -1.42. The highest BCUT2D eigenvalue weighted by atomic mass is 35.5. The highest BCUT2D eigenvalue weighted by Crippen LogP contribution is 2.27. The van der Waals surface area contributed by atoms with Gasteiger partial charge < -0.3 is 10.1 Å². The molecule has 2 aromatic carbocycles. The van der Waals surface area contributed by atoms with Gasteiger partial charge in [0, 0.05) is 29.7 Å². The molecule has 0 fully saturated rings. The van der Waals surface area contributed by atoms with Gasteiger partial charge in [0.2, 0.25) is 0 Å². The Morgan fingerprint density at radius 1 is 1.19 bits per heavy atom. The second kappa shape index (κ2) is 11.0. The molecule has 1 amide bonds. The number of hydrogen-bond acceptors (Lipinski definition) is 5. The van der Waals surface area contributed by atoms with E-state index >= 15 is 0 Å². The van der Waals surface area contributed by atoms with E-state index < -0.39 is 17.5 Å². The lowest BCUT2D eigenvalue weighted by atomic mass is 9.85. The third-order valence-corrected chi connectivity index (χ3v) is 6.63. The van der Waals surface area contributed by atoms with Crippen LogP contribution in [0.15, 0.2) is 48.5 Å². The van der Waals surface area contributed by atoms with Gasteiger partial charge in [-0.3, -0.25) is 9.48 Å². The maximum absolute atomic E-state index is 13.3. The first-order valence-corrected chi connectivity index (χ1v) is 12.1. The number of halogens is 1. The van der Waals surface area contributed by atoms with Crippen LogP contribution in [0.1, 0.15) is 65.1 Å². The highest BCUT2D eigenvalue weighted by molar-refractivity contribution is 6.30. The maximum atomic E-state index is 13.3. The number of nitrogens with zero attached hydrogens (tertiary/aromatic N) is 3. The van der Waals surface area contributed by atoms with Crippen molar-refractivity contribution in [2.45, 2.75) is 58.6 Å². The molecular weight excluding hydrogens is 476 g/mol. The Balaban J connectivity index is 1.82. The van der Waals surface area contributed by atoms with Crippen molar-refractivity contribution in [2.75, 3.05) is 0 Å². The predicted octanol–water partition coefficient (Wildman–Crippen LogP) is 5.03. The van der Waals surface area contributed by atoms with E-state index in [4.69, 9.17) is 16.3 Å². The second-order valence-corrected chi connectivity index (χ2v) is 9.94. The Hall–Kier alpha value is -3.63.